The summed E-state index contributed by atoms with van der Waals surface area (Å²) in [4.78, 5) is 22.3. The number of carbonyl (C=O) groups excluding carboxylic acids is 1. The van der Waals surface area contributed by atoms with Crippen molar-refractivity contribution >= 4 is 11.7 Å². The van der Waals surface area contributed by atoms with Crippen molar-refractivity contribution in [2.24, 2.45) is 11.3 Å². The zero-order chi connectivity index (χ0) is 25.1. The molecule has 7 nitrogen and oxygen atoms in total. The monoisotopic (exact) mass is 508 g/mol. The second kappa shape index (κ2) is 9.13. The van der Waals surface area contributed by atoms with E-state index in [0.717, 1.165) is 63.7 Å². The predicted octanol–water partition coefficient (Wildman–Crippen LogP) is 3.23. The number of ether oxygens (including phenoxy) is 2. The van der Waals surface area contributed by atoms with Crippen molar-refractivity contribution in [1.82, 2.24) is 15.2 Å². The smallest absolute Gasteiger partial charge is 0.379 e. The van der Waals surface area contributed by atoms with Gasteiger partial charge in [-0.15, -0.1) is 0 Å². The molecule has 0 unspecified atom stereocenters. The molecular formula is C26H35F3N4O3. The van der Waals surface area contributed by atoms with Gasteiger partial charge in [-0.05, 0) is 56.6 Å². The lowest BCUT2D eigenvalue weighted by molar-refractivity contribution is -0.144. The van der Waals surface area contributed by atoms with Crippen LogP contribution in [0.15, 0.2) is 18.3 Å². The Kier molecular flexibility index (Phi) is 6.20. The van der Waals surface area contributed by atoms with Gasteiger partial charge in [-0.1, -0.05) is 6.42 Å². The van der Waals surface area contributed by atoms with E-state index in [2.05, 4.69) is 15.2 Å². The van der Waals surface area contributed by atoms with Gasteiger partial charge in [-0.25, -0.2) is 4.98 Å². The summed E-state index contributed by atoms with van der Waals surface area (Å²) in [5.41, 5.74) is -0.990. The second-order valence-corrected chi connectivity index (χ2v) is 11.3. The molecule has 10 heteroatoms. The Morgan fingerprint density at radius 1 is 1.25 bits per heavy atom. The van der Waals surface area contributed by atoms with Gasteiger partial charge in [0.1, 0.15) is 5.82 Å². The molecule has 198 valence electrons. The number of carbonyl (C=O) groups is 1. The molecule has 1 amide bonds. The van der Waals surface area contributed by atoms with Crippen molar-refractivity contribution in [1.29, 1.82) is 0 Å². The van der Waals surface area contributed by atoms with Crippen molar-refractivity contribution in [3.63, 3.8) is 0 Å². The Bertz CT molecular complexity index is 993. The van der Waals surface area contributed by atoms with E-state index in [9.17, 15) is 18.0 Å². The second-order valence-electron chi connectivity index (χ2n) is 11.3. The lowest BCUT2D eigenvalue weighted by Crippen LogP contribution is -2.54. The molecule has 0 radical (unpaired) electrons. The Morgan fingerprint density at radius 2 is 2.11 bits per heavy atom. The third-order valence-electron chi connectivity index (χ3n) is 9.49. The number of hydrogen-bond acceptors (Lipinski definition) is 6. The summed E-state index contributed by atoms with van der Waals surface area (Å²) in [5.74, 6) is 1.02. The lowest BCUT2D eigenvalue weighted by atomic mass is 9.78. The molecule has 5 fully saturated rings. The maximum atomic E-state index is 14.1. The molecule has 1 aromatic rings. The minimum atomic E-state index is -4.39. The number of alkyl halides is 3. The standard InChI is InChI=1S/C26H35F3N4O3/c1-35-22-15-36-8-5-21(22)31-18-9-16-3-2-6-25(16,12-18)24(34)33-14-19-11-20(33)13-32(19)23-10-17(4-7-30-23)26(27,28)29/h4,7,10,16,18-22,31H,2-3,5-6,8-9,11-15H2,1H3/t16-,18-,19-,20+,21-,22-,25-/m1/s1. The van der Waals surface area contributed by atoms with Gasteiger partial charge < -0.3 is 24.6 Å². The number of likely N-dealkylation sites (tertiary alicyclic amines) is 1. The summed E-state index contributed by atoms with van der Waals surface area (Å²) >= 11 is 0. The fourth-order valence-electron chi connectivity index (χ4n) is 7.79. The van der Waals surface area contributed by atoms with Gasteiger partial charge in [0.25, 0.3) is 0 Å². The average molecular weight is 509 g/mol. The van der Waals surface area contributed by atoms with Crippen LogP contribution in [0.2, 0.25) is 0 Å². The summed E-state index contributed by atoms with van der Waals surface area (Å²) in [6.45, 7) is 2.44. The third-order valence-corrected chi connectivity index (χ3v) is 9.49. The van der Waals surface area contributed by atoms with E-state index in [1.807, 2.05) is 4.90 Å². The van der Waals surface area contributed by atoms with Crippen LogP contribution in [0.4, 0.5) is 19.0 Å². The fourth-order valence-corrected chi connectivity index (χ4v) is 7.79. The molecule has 0 aromatic carbocycles. The Labute approximate surface area is 209 Å². The molecule has 36 heavy (non-hydrogen) atoms. The van der Waals surface area contributed by atoms with E-state index >= 15 is 0 Å². The first-order valence-corrected chi connectivity index (χ1v) is 13.3. The molecule has 4 heterocycles. The Morgan fingerprint density at radius 3 is 2.86 bits per heavy atom. The number of rotatable bonds is 5. The van der Waals surface area contributed by atoms with E-state index in [0.29, 0.717) is 37.5 Å². The van der Waals surface area contributed by atoms with E-state index in [1.165, 1.54) is 6.20 Å². The van der Waals surface area contributed by atoms with Crippen LogP contribution in [0.25, 0.3) is 0 Å². The highest BCUT2D eigenvalue weighted by molar-refractivity contribution is 5.85. The number of piperazine rings is 1. The summed E-state index contributed by atoms with van der Waals surface area (Å²) in [7, 11) is 1.73. The highest BCUT2D eigenvalue weighted by Crippen LogP contribution is 2.56. The SMILES string of the molecule is CO[C@@H]1COCC[C@H]1N[C@@H]1C[C@H]2CCC[C@@]2(C(=O)N2C[C@H]3C[C@H]2CN3c2cc(C(F)(F)F)ccn2)C1. The number of halogens is 3. The average Bonchev–Trinajstić information content (AvgIpc) is 3.63. The number of hydrogen-bond donors (Lipinski definition) is 1. The maximum Gasteiger partial charge on any atom is 0.416 e. The van der Waals surface area contributed by atoms with Gasteiger partial charge in [0.05, 0.1) is 35.8 Å². The van der Waals surface area contributed by atoms with Crippen LogP contribution in [0.5, 0.6) is 0 Å². The number of methoxy groups -OCH3 is 1. The van der Waals surface area contributed by atoms with Gasteiger partial charge in [-0.2, -0.15) is 13.2 Å². The number of amides is 1. The van der Waals surface area contributed by atoms with E-state index in [4.69, 9.17) is 9.47 Å². The topological polar surface area (TPSA) is 66.9 Å². The highest BCUT2D eigenvalue weighted by Gasteiger charge is 2.59. The normalized spacial score (nSPS) is 38.1. The van der Waals surface area contributed by atoms with Crippen molar-refractivity contribution < 1.29 is 27.4 Å². The summed E-state index contributed by atoms with van der Waals surface area (Å²) in [6, 6.07) is 2.74. The summed E-state index contributed by atoms with van der Waals surface area (Å²) in [6.07, 6.45) is 3.57. The maximum absolute atomic E-state index is 14.1. The van der Waals surface area contributed by atoms with Crippen LogP contribution in [-0.4, -0.2) is 79.5 Å². The van der Waals surface area contributed by atoms with Crippen LogP contribution in [0.3, 0.4) is 0 Å². The molecule has 2 aliphatic carbocycles. The van der Waals surface area contributed by atoms with Crippen molar-refractivity contribution in [3.05, 3.63) is 23.9 Å². The minimum absolute atomic E-state index is 0.0196. The van der Waals surface area contributed by atoms with Gasteiger partial charge in [0, 0.05) is 45.1 Å². The van der Waals surface area contributed by atoms with Crippen molar-refractivity contribution in [2.45, 2.75) is 81.4 Å². The lowest BCUT2D eigenvalue weighted by Gasteiger charge is -2.40. The Balaban J connectivity index is 1.13. The zero-order valence-corrected chi connectivity index (χ0v) is 20.7. The van der Waals surface area contributed by atoms with Crippen LogP contribution < -0.4 is 10.2 Å². The molecule has 0 spiro atoms. The van der Waals surface area contributed by atoms with E-state index in [1.54, 1.807) is 7.11 Å². The number of pyridine rings is 1. The van der Waals surface area contributed by atoms with Gasteiger partial charge in [0.15, 0.2) is 0 Å². The van der Waals surface area contributed by atoms with E-state index in [-0.39, 0.29) is 35.6 Å². The van der Waals surface area contributed by atoms with Crippen molar-refractivity contribution in [3.8, 4) is 0 Å². The van der Waals surface area contributed by atoms with Crippen LogP contribution in [0, 0.1) is 11.3 Å². The largest absolute Gasteiger partial charge is 0.416 e. The third kappa shape index (κ3) is 4.09. The molecule has 1 N–H and O–H groups in total. The highest BCUT2D eigenvalue weighted by atomic mass is 19.4. The molecule has 7 atom stereocenters. The minimum Gasteiger partial charge on any atom is -0.379 e. The molecule has 6 rings (SSSR count). The van der Waals surface area contributed by atoms with Gasteiger partial charge in [-0.3, -0.25) is 4.79 Å². The van der Waals surface area contributed by atoms with Gasteiger partial charge in [0.2, 0.25) is 5.91 Å². The van der Waals surface area contributed by atoms with Crippen LogP contribution in [-0.2, 0) is 20.4 Å². The van der Waals surface area contributed by atoms with Gasteiger partial charge >= 0.3 is 6.18 Å². The predicted molar refractivity (Wildman–Crippen MR) is 126 cm³/mol. The van der Waals surface area contributed by atoms with Crippen LogP contribution in [0.1, 0.15) is 50.5 Å². The van der Waals surface area contributed by atoms with Crippen LogP contribution >= 0.6 is 0 Å². The molecule has 3 aliphatic heterocycles. The van der Waals surface area contributed by atoms with E-state index < -0.39 is 11.7 Å². The fraction of sp³-hybridized carbons (Fsp3) is 0.769. The first kappa shape index (κ1) is 24.4. The number of aromatic nitrogens is 1. The first-order chi connectivity index (χ1) is 17.3. The molecule has 2 saturated carbocycles. The first-order valence-electron chi connectivity index (χ1n) is 13.3. The summed E-state index contributed by atoms with van der Waals surface area (Å²) in [5, 5.41) is 3.81. The molecular weight excluding hydrogens is 473 g/mol. The quantitative estimate of drug-likeness (QED) is 0.659. The number of nitrogens with zero attached hydrogens (tertiary/aromatic N) is 3. The molecule has 2 bridgehead atoms. The number of nitrogens with one attached hydrogen (secondary N) is 1. The zero-order valence-electron chi connectivity index (χ0n) is 20.7. The summed E-state index contributed by atoms with van der Waals surface area (Å²) < 4.78 is 50.8. The molecule has 5 aliphatic rings. The number of fused-ring (bicyclic) bond motifs is 3. The van der Waals surface area contributed by atoms with Crippen molar-refractivity contribution in [2.75, 3.05) is 38.3 Å². The Hall–Kier alpha value is -1.91. The number of anilines is 1. The molecule has 1 aromatic heterocycles. The molecule has 3 saturated heterocycles.